The summed E-state index contributed by atoms with van der Waals surface area (Å²) in [5.74, 6) is -3.76. The van der Waals surface area contributed by atoms with Crippen LogP contribution >= 0.6 is 0 Å². The Bertz CT molecular complexity index is 1400. The number of carbonyl (C=O) groups excluding carboxylic acids is 4. The number of allylic oxidation sites excluding steroid dienone is 1. The number of fused-ring (bicyclic) bond motifs is 2. The van der Waals surface area contributed by atoms with Crippen LogP contribution in [-0.4, -0.2) is 140 Å². The van der Waals surface area contributed by atoms with E-state index in [-0.39, 0.29) is 38.0 Å². The van der Waals surface area contributed by atoms with Crippen molar-refractivity contribution in [2.45, 2.75) is 55.7 Å². The zero-order valence-corrected chi connectivity index (χ0v) is 27.6. The highest BCUT2D eigenvalue weighted by Gasteiger charge is 2.74. The monoisotopic (exact) mass is 666 g/mol. The molecule has 1 spiro atoms. The SMILES string of the molecule is COC[C@H]1NC(=O)CC/C=C\CN(CCN2CCOCC2)C(=O)[C@@H]2N([C@H](C)CO)C(=O)[C@H]3[C@H](C(=O)O[C@@H]1c1ccccc1)[C@@H]1C=C[C@]23O1. The number of aliphatic hydroxyl groups is 1. The van der Waals surface area contributed by atoms with Crippen LogP contribution in [0.1, 0.15) is 31.4 Å². The Morgan fingerprint density at radius 1 is 1.06 bits per heavy atom. The maximum absolute atomic E-state index is 14.7. The number of ether oxygens (including phenoxy) is 4. The van der Waals surface area contributed by atoms with E-state index >= 15 is 0 Å². The molecule has 3 fully saturated rings. The van der Waals surface area contributed by atoms with Crippen LogP contribution in [0.3, 0.4) is 0 Å². The number of hydrogen-bond acceptors (Lipinski definition) is 10. The highest BCUT2D eigenvalue weighted by molar-refractivity contribution is 5.99. The fraction of sp³-hybridized carbons (Fsp3) is 0.600. The van der Waals surface area contributed by atoms with Crippen LogP contribution in [-0.2, 0) is 38.1 Å². The second kappa shape index (κ2) is 14.9. The third-order valence-electron chi connectivity index (χ3n) is 10.1. The van der Waals surface area contributed by atoms with Crippen molar-refractivity contribution >= 4 is 23.7 Å². The van der Waals surface area contributed by atoms with Crippen LogP contribution in [0.25, 0.3) is 0 Å². The number of likely N-dealkylation sites (tertiary alicyclic amines) is 1. The minimum atomic E-state index is -1.41. The molecule has 2 N–H and O–H groups in total. The van der Waals surface area contributed by atoms with E-state index in [1.807, 2.05) is 42.5 Å². The van der Waals surface area contributed by atoms with Gasteiger partial charge in [0.05, 0.1) is 50.5 Å². The summed E-state index contributed by atoms with van der Waals surface area (Å²) in [6.45, 7) is 5.36. The maximum atomic E-state index is 14.7. The van der Waals surface area contributed by atoms with Gasteiger partial charge in [0.1, 0.15) is 23.7 Å². The highest BCUT2D eigenvalue weighted by Crippen LogP contribution is 2.56. The minimum absolute atomic E-state index is 0.0711. The third-order valence-corrected chi connectivity index (χ3v) is 10.1. The lowest BCUT2D eigenvalue weighted by Gasteiger charge is -2.38. The fourth-order valence-electron chi connectivity index (χ4n) is 7.70. The highest BCUT2D eigenvalue weighted by atomic mass is 16.6. The Morgan fingerprint density at radius 3 is 2.56 bits per heavy atom. The lowest BCUT2D eigenvalue weighted by molar-refractivity contribution is -0.162. The first-order valence-corrected chi connectivity index (χ1v) is 16.9. The summed E-state index contributed by atoms with van der Waals surface area (Å²) in [6, 6.07) is 6.57. The largest absolute Gasteiger partial charge is 0.455 e. The number of benzene rings is 1. The summed E-state index contributed by atoms with van der Waals surface area (Å²) in [5.41, 5.74) is -0.763. The van der Waals surface area contributed by atoms with Crippen molar-refractivity contribution in [2.75, 3.05) is 66.3 Å². The van der Waals surface area contributed by atoms with Crippen molar-refractivity contribution < 1.29 is 43.2 Å². The molecular weight excluding hydrogens is 620 g/mol. The van der Waals surface area contributed by atoms with E-state index in [0.29, 0.717) is 38.3 Å². The predicted molar refractivity (Wildman–Crippen MR) is 172 cm³/mol. The van der Waals surface area contributed by atoms with E-state index in [1.54, 1.807) is 24.0 Å². The lowest BCUT2D eigenvalue weighted by Crippen LogP contribution is -2.58. The van der Waals surface area contributed by atoms with Gasteiger partial charge in [0.15, 0.2) is 0 Å². The molecule has 260 valence electrons. The van der Waals surface area contributed by atoms with Crippen LogP contribution in [0.2, 0.25) is 0 Å². The Labute approximate surface area is 280 Å². The van der Waals surface area contributed by atoms with E-state index in [9.17, 15) is 24.3 Å². The molecule has 13 heteroatoms. The number of morpholine rings is 1. The van der Waals surface area contributed by atoms with Gasteiger partial charge in [0.2, 0.25) is 17.7 Å². The fourth-order valence-corrected chi connectivity index (χ4v) is 7.70. The molecule has 48 heavy (non-hydrogen) atoms. The molecule has 0 saturated carbocycles. The molecule has 0 aliphatic carbocycles. The number of nitrogens with zero attached hydrogens (tertiary/aromatic N) is 3. The maximum Gasteiger partial charge on any atom is 0.313 e. The summed E-state index contributed by atoms with van der Waals surface area (Å²) in [6.07, 6.45) is 6.11. The van der Waals surface area contributed by atoms with Gasteiger partial charge in [-0.3, -0.25) is 24.1 Å². The number of methoxy groups -OCH3 is 1. The molecule has 5 aliphatic heterocycles. The first kappa shape index (κ1) is 34.3. The van der Waals surface area contributed by atoms with Crippen LogP contribution in [0.4, 0.5) is 0 Å². The predicted octanol–water partition coefficient (Wildman–Crippen LogP) is 0.444. The molecule has 3 saturated heterocycles. The Hall–Kier alpha value is -3.62. The van der Waals surface area contributed by atoms with Gasteiger partial charge in [-0.25, -0.2) is 0 Å². The molecule has 0 aromatic heterocycles. The minimum Gasteiger partial charge on any atom is -0.455 e. The molecule has 1 aromatic carbocycles. The standard InChI is InChI=1S/C35H46N4O9/c1-23(21-40)39-31-33(43)38(16-15-37-17-19-46-20-18-37)14-8-4-7-11-27(41)36-25(22-45-2)30(24-9-5-3-6-10-24)47-34(44)28-26-12-13-35(31,48-26)29(28)32(39)42/h3-6,8-10,12-13,23,25-26,28-31,40H,7,11,14-22H2,1-2H3,(H,36,41)/b8-4-/t23-,25-,26+,28-,29-,30-,31+,35-/m1/s1. The topological polar surface area (TPSA) is 147 Å². The number of cyclic esters (lactones) is 1. The molecule has 3 amide bonds. The van der Waals surface area contributed by atoms with Gasteiger partial charge in [-0.1, -0.05) is 54.6 Å². The summed E-state index contributed by atoms with van der Waals surface area (Å²) in [4.78, 5) is 61.9. The van der Waals surface area contributed by atoms with Gasteiger partial charge in [0, 0.05) is 46.3 Å². The molecule has 6 rings (SSSR count). The number of hydrogen-bond donors (Lipinski definition) is 2. The van der Waals surface area contributed by atoms with Crippen LogP contribution < -0.4 is 5.32 Å². The quantitative estimate of drug-likeness (QED) is 0.296. The summed E-state index contributed by atoms with van der Waals surface area (Å²) in [7, 11) is 1.51. The van der Waals surface area contributed by atoms with Crippen LogP contribution in [0.15, 0.2) is 54.6 Å². The van der Waals surface area contributed by atoms with Gasteiger partial charge in [0.25, 0.3) is 0 Å². The molecule has 8 atom stereocenters. The van der Waals surface area contributed by atoms with Gasteiger partial charge in [-0.15, -0.1) is 0 Å². The van der Waals surface area contributed by atoms with Crippen LogP contribution in [0, 0.1) is 11.8 Å². The van der Waals surface area contributed by atoms with Crippen LogP contribution in [0.5, 0.6) is 0 Å². The molecule has 5 heterocycles. The van der Waals surface area contributed by atoms with Gasteiger partial charge < -0.3 is 39.2 Å². The Kier molecular flexibility index (Phi) is 10.6. The lowest BCUT2D eigenvalue weighted by atomic mass is 9.74. The zero-order valence-electron chi connectivity index (χ0n) is 27.6. The second-order valence-electron chi connectivity index (χ2n) is 13.1. The molecule has 0 radical (unpaired) electrons. The van der Waals surface area contributed by atoms with E-state index in [0.717, 1.165) is 13.1 Å². The number of nitrogens with one attached hydrogen (secondary N) is 1. The molecule has 1 aromatic rings. The Balaban J connectivity index is 1.39. The average molecular weight is 667 g/mol. The van der Waals surface area contributed by atoms with E-state index in [2.05, 4.69) is 10.2 Å². The summed E-state index contributed by atoms with van der Waals surface area (Å²) in [5, 5.41) is 13.3. The summed E-state index contributed by atoms with van der Waals surface area (Å²) >= 11 is 0. The molecule has 0 unspecified atom stereocenters. The second-order valence-corrected chi connectivity index (χ2v) is 13.1. The number of esters is 1. The zero-order chi connectivity index (χ0) is 33.8. The van der Waals surface area contributed by atoms with Gasteiger partial charge >= 0.3 is 5.97 Å². The van der Waals surface area contributed by atoms with Crippen molar-refractivity contribution in [1.29, 1.82) is 0 Å². The summed E-state index contributed by atoms with van der Waals surface area (Å²) < 4.78 is 23.7. The molecule has 5 bridgehead atoms. The number of carbonyl (C=O) groups is 4. The van der Waals surface area contributed by atoms with Crippen molar-refractivity contribution in [3.63, 3.8) is 0 Å². The van der Waals surface area contributed by atoms with Crippen molar-refractivity contribution in [2.24, 2.45) is 11.8 Å². The Morgan fingerprint density at radius 2 is 1.83 bits per heavy atom. The van der Waals surface area contributed by atoms with Crippen molar-refractivity contribution in [3.05, 3.63) is 60.2 Å². The smallest absolute Gasteiger partial charge is 0.313 e. The normalized spacial score (nSPS) is 34.2. The van der Waals surface area contributed by atoms with Crippen molar-refractivity contribution in [3.8, 4) is 0 Å². The first-order valence-electron chi connectivity index (χ1n) is 16.9. The number of rotatable bonds is 8. The number of aliphatic hydroxyl groups excluding tert-OH is 1. The van der Waals surface area contributed by atoms with Crippen molar-refractivity contribution in [1.82, 2.24) is 20.0 Å². The van der Waals surface area contributed by atoms with E-state index < -0.39 is 59.6 Å². The number of amides is 3. The first-order chi connectivity index (χ1) is 23.3. The van der Waals surface area contributed by atoms with Gasteiger partial charge in [-0.2, -0.15) is 0 Å². The van der Waals surface area contributed by atoms with E-state index in [4.69, 9.17) is 18.9 Å². The molecule has 5 aliphatic rings. The molecular formula is C35H46N4O9. The molecule has 13 nitrogen and oxygen atoms in total. The average Bonchev–Trinajstić information content (AvgIpc) is 3.75. The van der Waals surface area contributed by atoms with E-state index in [1.165, 1.54) is 12.0 Å². The van der Waals surface area contributed by atoms with Gasteiger partial charge in [-0.05, 0) is 18.9 Å². The third kappa shape index (κ3) is 6.53.